The highest BCUT2D eigenvalue weighted by molar-refractivity contribution is 9.09. The van der Waals surface area contributed by atoms with Gasteiger partial charge in [0.1, 0.15) is 0 Å². The summed E-state index contributed by atoms with van der Waals surface area (Å²) >= 11 is 5.76. The quantitative estimate of drug-likeness (QED) is 0.624. The molecule has 0 radical (unpaired) electrons. The maximum Gasteiger partial charge on any atom is 0.0377 e. The summed E-state index contributed by atoms with van der Waals surface area (Å²) in [6.45, 7) is 0. The van der Waals surface area contributed by atoms with Crippen LogP contribution in [0.15, 0.2) is 29.6 Å². The fourth-order valence-corrected chi connectivity index (χ4v) is 4.60. The average molecular weight is 295 g/mol. The van der Waals surface area contributed by atoms with Crippen molar-refractivity contribution in [3.63, 3.8) is 0 Å². The molecule has 3 rings (SSSR count). The van der Waals surface area contributed by atoms with Gasteiger partial charge in [-0.2, -0.15) is 0 Å². The Morgan fingerprint density at radius 3 is 2.88 bits per heavy atom. The summed E-state index contributed by atoms with van der Waals surface area (Å²) < 4.78 is 1.50. The van der Waals surface area contributed by atoms with Crippen LogP contribution in [-0.2, 0) is 0 Å². The second-order valence-electron chi connectivity index (χ2n) is 4.59. The smallest absolute Gasteiger partial charge is 0.0377 e. The summed E-state index contributed by atoms with van der Waals surface area (Å²) in [5.74, 6) is 0.719. The van der Waals surface area contributed by atoms with E-state index in [2.05, 4.69) is 45.6 Å². The predicted octanol–water partition coefficient (Wildman–Crippen LogP) is 5.32. The van der Waals surface area contributed by atoms with Gasteiger partial charge in [0, 0.05) is 9.53 Å². The van der Waals surface area contributed by atoms with Gasteiger partial charge in [-0.25, -0.2) is 0 Å². The van der Waals surface area contributed by atoms with Crippen LogP contribution < -0.4 is 0 Å². The van der Waals surface area contributed by atoms with Gasteiger partial charge in [-0.15, -0.1) is 11.3 Å². The molecule has 16 heavy (non-hydrogen) atoms. The Balaban J connectivity index is 2.07. The van der Waals surface area contributed by atoms with Crippen LogP contribution in [0.25, 0.3) is 10.1 Å². The summed E-state index contributed by atoms with van der Waals surface area (Å²) in [5, 5.41) is 3.62. The van der Waals surface area contributed by atoms with Crippen molar-refractivity contribution in [1.29, 1.82) is 0 Å². The Hall–Kier alpha value is -0.340. The Morgan fingerprint density at radius 1 is 1.12 bits per heavy atom. The highest BCUT2D eigenvalue weighted by atomic mass is 79.9. The van der Waals surface area contributed by atoms with Crippen LogP contribution >= 0.6 is 27.3 Å². The van der Waals surface area contributed by atoms with E-state index in [0.717, 1.165) is 5.92 Å². The number of thiophene rings is 1. The molecule has 0 aliphatic heterocycles. The van der Waals surface area contributed by atoms with E-state index in [0.29, 0.717) is 4.83 Å². The SMILES string of the molecule is BrC1CCCCC1c1cccc2ccsc12. The molecule has 1 saturated carbocycles. The number of benzene rings is 1. The minimum Gasteiger partial charge on any atom is -0.144 e. The lowest BCUT2D eigenvalue weighted by Gasteiger charge is -2.28. The number of hydrogen-bond acceptors (Lipinski definition) is 1. The van der Waals surface area contributed by atoms with Crippen molar-refractivity contribution in [1.82, 2.24) is 0 Å². The van der Waals surface area contributed by atoms with E-state index in [4.69, 9.17) is 0 Å². The van der Waals surface area contributed by atoms with Crippen molar-refractivity contribution in [3.8, 4) is 0 Å². The summed E-state index contributed by atoms with van der Waals surface area (Å²) in [7, 11) is 0. The third kappa shape index (κ3) is 1.82. The summed E-state index contributed by atoms with van der Waals surface area (Å²) in [6.07, 6.45) is 5.43. The first kappa shape index (κ1) is 10.8. The maximum atomic E-state index is 3.87. The molecule has 1 aliphatic carbocycles. The maximum absolute atomic E-state index is 3.87. The van der Waals surface area contributed by atoms with Gasteiger partial charge in [-0.1, -0.05) is 47.0 Å². The molecule has 2 atom stereocenters. The van der Waals surface area contributed by atoms with Gasteiger partial charge in [-0.05, 0) is 41.2 Å². The zero-order valence-electron chi connectivity index (χ0n) is 9.16. The van der Waals surface area contributed by atoms with Crippen LogP contribution in [0.1, 0.15) is 37.2 Å². The predicted molar refractivity (Wildman–Crippen MR) is 75.7 cm³/mol. The zero-order valence-corrected chi connectivity index (χ0v) is 11.6. The minimum atomic E-state index is 0.675. The number of rotatable bonds is 1. The van der Waals surface area contributed by atoms with Crippen LogP contribution in [0.5, 0.6) is 0 Å². The van der Waals surface area contributed by atoms with Crippen molar-refractivity contribution in [2.75, 3.05) is 0 Å². The third-order valence-corrected chi connectivity index (χ3v) is 5.67. The Morgan fingerprint density at radius 2 is 2.00 bits per heavy atom. The van der Waals surface area contributed by atoms with E-state index in [1.165, 1.54) is 35.8 Å². The molecule has 1 aromatic carbocycles. The van der Waals surface area contributed by atoms with E-state index in [1.807, 2.05) is 11.3 Å². The second kappa shape index (κ2) is 4.50. The lowest BCUT2D eigenvalue weighted by atomic mass is 9.83. The van der Waals surface area contributed by atoms with Gasteiger partial charge in [0.15, 0.2) is 0 Å². The fraction of sp³-hybridized carbons (Fsp3) is 0.429. The van der Waals surface area contributed by atoms with E-state index in [-0.39, 0.29) is 0 Å². The highest BCUT2D eigenvalue weighted by Gasteiger charge is 2.25. The van der Waals surface area contributed by atoms with Crippen LogP contribution in [0.3, 0.4) is 0 Å². The van der Waals surface area contributed by atoms with Gasteiger partial charge >= 0.3 is 0 Å². The van der Waals surface area contributed by atoms with Gasteiger partial charge in [0.05, 0.1) is 0 Å². The minimum absolute atomic E-state index is 0.675. The number of halogens is 1. The zero-order chi connectivity index (χ0) is 11.0. The molecule has 1 aliphatic rings. The van der Waals surface area contributed by atoms with Crippen molar-refractivity contribution < 1.29 is 0 Å². The summed E-state index contributed by atoms with van der Waals surface area (Å²) in [4.78, 5) is 0.675. The van der Waals surface area contributed by atoms with Gasteiger partial charge in [0.25, 0.3) is 0 Å². The molecule has 0 N–H and O–H groups in total. The van der Waals surface area contributed by atoms with Crippen molar-refractivity contribution in [2.45, 2.75) is 36.4 Å². The molecule has 0 spiro atoms. The number of alkyl halides is 1. The van der Waals surface area contributed by atoms with Crippen molar-refractivity contribution in [3.05, 3.63) is 35.2 Å². The molecule has 84 valence electrons. The molecular weight excluding hydrogens is 280 g/mol. The first-order chi connectivity index (χ1) is 7.86. The molecule has 0 saturated heterocycles. The topological polar surface area (TPSA) is 0 Å². The van der Waals surface area contributed by atoms with E-state index in [1.54, 1.807) is 5.56 Å². The standard InChI is InChI=1S/C14H15BrS/c15-13-7-2-1-5-11(13)12-6-3-4-10-8-9-16-14(10)12/h3-4,6,8-9,11,13H,1-2,5,7H2. The molecule has 2 heteroatoms. The summed E-state index contributed by atoms with van der Waals surface area (Å²) in [6, 6.07) is 8.98. The molecule has 1 heterocycles. The Kier molecular flexibility index (Phi) is 3.03. The molecular formula is C14H15BrS. The molecule has 2 unspecified atom stereocenters. The lowest BCUT2D eigenvalue weighted by molar-refractivity contribution is 0.463. The fourth-order valence-electron chi connectivity index (χ4n) is 2.74. The van der Waals surface area contributed by atoms with E-state index in [9.17, 15) is 0 Å². The second-order valence-corrected chi connectivity index (χ2v) is 6.69. The monoisotopic (exact) mass is 294 g/mol. The molecule has 2 aromatic rings. The van der Waals surface area contributed by atoms with Crippen LogP contribution in [0, 0.1) is 0 Å². The van der Waals surface area contributed by atoms with Gasteiger partial charge in [0.2, 0.25) is 0 Å². The normalized spacial score (nSPS) is 26.1. The molecule has 0 bridgehead atoms. The third-order valence-electron chi connectivity index (χ3n) is 3.59. The molecule has 1 aromatic heterocycles. The lowest BCUT2D eigenvalue weighted by Crippen LogP contribution is -2.17. The highest BCUT2D eigenvalue weighted by Crippen LogP contribution is 2.41. The first-order valence-corrected chi connectivity index (χ1v) is 7.76. The number of fused-ring (bicyclic) bond motifs is 1. The average Bonchev–Trinajstić information content (AvgIpc) is 2.77. The largest absolute Gasteiger partial charge is 0.144 e. The molecule has 0 nitrogen and oxygen atoms in total. The van der Waals surface area contributed by atoms with E-state index >= 15 is 0 Å². The molecule has 0 amide bonds. The van der Waals surface area contributed by atoms with Crippen molar-refractivity contribution in [2.24, 2.45) is 0 Å². The van der Waals surface area contributed by atoms with Crippen LogP contribution in [-0.4, -0.2) is 4.83 Å². The van der Waals surface area contributed by atoms with Crippen molar-refractivity contribution >= 4 is 37.4 Å². The van der Waals surface area contributed by atoms with Crippen LogP contribution in [0.2, 0.25) is 0 Å². The Bertz CT molecular complexity index is 488. The summed E-state index contributed by atoms with van der Waals surface area (Å²) in [5.41, 5.74) is 1.56. The Labute approximate surface area is 109 Å². The van der Waals surface area contributed by atoms with Crippen LogP contribution in [0.4, 0.5) is 0 Å². The first-order valence-electron chi connectivity index (χ1n) is 5.96. The van der Waals surface area contributed by atoms with Gasteiger partial charge in [-0.3, -0.25) is 0 Å². The van der Waals surface area contributed by atoms with E-state index < -0.39 is 0 Å². The van der Waals surface area contributed by atoms with Gasteiger partial charge < -0.3 is 0 Å². The number of hydrogen-bond donors (Lipinski definition) is 0. The molecule has 1 fully saturated rings.